The van der Waals surface area contributed by atoms with E-state index in [1.807, 2.05) is 0 Å². The van der Waals surface area contributed by atoms with Crippen LogP contribution in [0.4, 0.5) is 0 Å². The van der Waals surface area contributed by atoms with E-state index in [2.05, 4.69) is 42.2 Å². The van der Waals surface area contributed by atoms with Crippen molar-refractivity contribution in [2.24, 2.45) is 0 Å². The molecule has 1 atom stereocenters. The molecule has 1 heterocycles. The van der Waals surface area contributed by atoms with Gasteiger partial charge in [0.1, 0.15) is 19.6 Å². The molecule has 2 N–H and O–H groups in total. The summed E-state index contributed by atoms with van der Waals surface area (Å²) in [5, 5.41) is 9.77. The lowest BCUT2D eigenvalue weighted by Crippen LogP contribution is -3.00. The molecule has 37 heavy (non-hydrogen) atoms. The molecule has 0 fully saturated rings. The minimum atomic E-state index is 0. The largest absolute Gasteiger partial charge is 1.00 e. The maximum Gasteiger partial charge on any atom is 0.337 e. The number of halogens is 1. The summed E-state index contributed by atoms with van der Waals surface area (Å²) >= 11 is 0. The summed E-state index contributed by atoms with van der Waals surface area (Å²) in [5.41, 5.74) is 1.38. The van der Waals surface area contributed by atoms with Crippen LogP contribution < -0.4 is 17.4 Å². The SMILES string of the molecule is CCCCCCCCCCCCCCCCCCCCCC1=[NH+]CC[N+]1(CCO)Cc1ccccc1.[Cl-]. The fraction of sp³-hybridized carbons (Fsp3) is 0.788. The van der Waals surface area contributed by atoms with Crippen LogP contribution in [0.25, 0.3) is 0 Å². The second-order valence-electron chi connectivity index (χ2n) is 11.4. The van der Waals surface area contributed by atoms with Crippen LogP contribution >= 0.6 is 0 Å². The molecule has 0 aromatic heterocycles. The van der Waals surface area contributed by atoms with E-state index in [4.69, 9.17) is 0 Å². The minimum absolute atomic E-state index is 0. The molecular formula is C33H60ClN2O+. The average Bonchev–Trinajstić information content (AvgIpc) is 3.27. The van der Waals surface area contributed by atoms with E-state index in [0.717, 1.165) is 37.1 Å². The first kappa shape index (κ1) is 34.1. The molecule has 0 bridgehead atoms. The lowest BCUT2D eigenvalue weighted by molar-refractivity contribution is -0.853. The van der Waals surface area contributed by atoms with Gasteiger partial charge in [-0.05, 0) is 6.42 Å². The lowest BCUT2D eigenvalue weighted by Gasteiger charge is -2.30. The van der Waals surface area contributed by atoms with Crippen molar-refractivity contribution < 1.29 is 27.0 Å². The lowest BCUT2D eigenvalue weighted by atomic mass is 10.0. The number of aliphatic hydroxyl groups excluding tert-OH is 1. The predicted octanol–water partition coefficient (Wildman–Crippen LogP) is 4.31. The Morgan fingerprint density at radius 1 is 0.676 bits per heavy atom. The Labute approximate surface area is 236 Å². The van der Waals surface area contributed by atoms with Gasteiger partial charge in [0.2, 0.25) is 0 Å². The Morgan fingerprint density at radius 2 is 1.14 bits per heavy atom. The van der Waals surface area contributed by atoms with Gasteiger partial charge in [0.15, 0.2) is 6.54 Å². The summed E-state index contributed by atoms with van der Waals surface area (Å²) in [6, 6.07) is 10.8. The van der Waals surface area contributed by atoms with Crippen molar-refractivity contribution in [3.05, 3.63) is 35.9 Å². The van der Waals surface area contributed by atoms with Crippen molar-refractivity contribution in [3.8, 4) is 0 Å². The van der Waals surface area contributed by atoms with Gasteiger partial charge in [-0.3, -0.25) is 0 Å². The zero-order chi connectivity index (χ0) is 25.6. The zero-order valence-corrected chi connectivity index (χ0v) is 25.1. The predicted molar refractivity (Wildman–Crippen MR) is 156 cm³/mol. The van der Waals surface area contributed by atoms with Crippen molar-refractivity contribution in [3.63, 3.8) is 0 Å². The summed E-state index contributed by atoms with van der Waals surface area (Å²) in [5.74, 6) is 1.46. The second-order valence-corrected chi connectivity index (χ2v) is 11.4. The van der Waals surface area contributed by atoms with E-state index in [1.165, 1.54) is 133 Å². The number of unbranched alkanes of at least 4 members (excludes halogenated alkanes) is 18. The number of quaternary nitrogens is 1. The molecule has 0 spiro atoms. The first-order valence-electron chi connectivity index (χ1n) is 15.9. The number of benzene rings is 1. The van der Waals surface area contributed by atoms with Crippen molar-refractivity contribution >= 4 is 5.84 Å². The van der Waals surface area contributed by atoms with Gasteiger partial charge < -0.3 is 17.5 Å². The Morgan fingerprint density at radius 3 is 1.59 bits per heavy atom. The Bertz CT molecular complexity index is 666. The van der Waals surface area contributed by atoms with Crippen LogP contribution in [0.2, 0.25) is 0 Å². The van der Waals surface area contributed by atoms with Crippen molar-refractivity contribution in [1.82, 2.24) is 0 Å². The summed E-state index contributed by atoms with van der Waals surface area (Å²) < 4.78 is 0.930. The molecule has 1 aromatic carbocycles. The highest BCUT2D eigenvalue weighted by Crippen LogP contribution is 2.20. The van der Waals surface area contributed by atoms with Crippen LogP contribution in [0.3, 0.4) is 0 Å². The fourth-order valence-electron chi connectivity index (χ4n) is 6.04. The van der Waals surface area contributed by atoms with Gasteiger partial charge in [-0.25, -0.2) is 4.48 Å². The molecule has 0 saturated carbocycles. The van der Waals surface area contributed by atoms with E-state index in [1.54, 1.807) is 0 Å². The van der Waals surface area contributed by atoms with Crippen molar-refractivity contribution in [2.75, 3.05) is 26.2 Å². The average molecular weight is 536 g/mol. The molecule has 1 aromatic rings. The number of nitrogens with one attached hydrogen (secondary N) is 1. The molecular weight excluding hydrogens is 476 g/mol. The molecule has 214 valence electrons. The van der Waals surface area contributed by atoms with Gasteiger partial charge in [-0.1, -0.05) is 153 Å². The normalized spacial score (nSPS) is 17.1. The fourth-order valence-corrected chi connectivity index (χ4v) is 6.04. The summed E-state index contributed by atoms with van der Waals surface area (Å²) in [4.78, 5) is 3.69. The quantitative estimate of drug-likeness (QED) is 0.150. The summed E-state index contributed by atoms with van der Waals surface area (Å²) in [6.07, 6.45) is 28.3. The van der Waals surface area contributed by atoms with Gasteiger partial charge in [0.25, 0.3) is 0 Å². The summed E-state index contributed by atoms with van der Waals surface area (Å²) in [7, 11) is 0. The number of rotatable bonds is 24. The molecule has 0 saturated heterocycles. The number of hydrogen-bond acceptors (Lipinski definition) is 1. The zero-order valence-electron chi connectivity index (χ0n) is 24.3. The van der Waals surface area contributed by atoms with Crippen LogP contribution in [-0.4, -0.2) is 41.7 Å². The molecule has 1 unspecified atom stereocenters. The summed E-state index contributed by atoms with van der Waals surface area (Å²) in [6.45, 7) is 6.54. The highest BCUT2D eigenvalue weighted by molar-refractivity contribution is 5.70. The highest BCUT2D eigenvalue weighted by Gasteiger charge is 2.42. The molecule has 4 heteroatoms. The minimum Gasteiger partial charge on any atom is -1.00 e. The van der Waals surface area contributed by atoms with Gasteiger partial charge >= 0.3 is 5.84 Å². The molecule has 2 rings (SSSR count). The van der Waals surface area contributed by atoms with Gasteiger partial charge in [-0.2, -0.15) is 4.99 Å². The van der Waals surface area contributed by atoms with Crippen molar-refractivity contribution in [2.45, 2.75) is 142 Å². The number of nitrogens with zero attached hydrogens (tertiary/aromatic N) is 1. The molecule has 3 nitrogen and oxygen atoms in total. The van der Waals surface area contributed by atoms with Gasteiger partial charge in [-0.15, -0.1) is 0 Å². The van der Waals surface area contributed by atoms with Crippen LogP contribution in [0.5, 0.6) is 0 Å². The van der Waals surface area contributed by atoms with Gasteiger partial charge in [0, 0.05) is 5.56 Å². The Balaban J connectivity index is 0.00000684. The van der Waals surface area contributed by atoms with E-state index in [-0.39, 0.29) is 19.0 Å². The molecule has 0 amide bonds. The van der Waals surface area contributed by atoms with E-state index < -0.39 is 0 Å². The maximum atomic E-state index is 9.77. The highest BCUT2D eigenvalue weighted by atomic mass is 35.5. The molecule has 0 aliphatic carbocycles. The third-order valence-electron chi connectivity index (χ3n) is 8.31. The number of aliphatic hydroxyl groups is 1. The number of amidine groups is 1. The molecule has 1 aliphatic rings. The maximum absolute atomic E-state index is 9.77. The van der Waals surface area contributed by atoms with E-state index in [0.29, 0.717) is 0 Å². The monoisotopic (exact) mass is 535 g/mol. The third kappa shape index (κ3) is 15.3. The Kier molecular flexibility index (Phi) is 21.2. The topological polar surface area (TPSA) is 34.2 Å². The first-order valence-corrected chi connectivity index (χ1v) is 15.9. The van der Waals surface area contributed by atoms with Crippen LogP contribution in [0.1, 0.15) is 141 Å². The van der Waals surface area contributed by atoms with E-state index in [9.17, 15) is 5.11 Å². The van der Waals surface area contributed by atoms with Crippen LogP contribution in [-0.2, 0) is 6.54 Å². The molecule has 1 aliphatic heterocycles. The van der Waals surface area contributed by atoms with Crippen LogP contribution in [0.15, 0.2) is 30.3 Å². The van der Waals surface area contributed by atoms with Crippen molar-refractivity contribution in [1.29, 1.82) is 0 Å². The standard InChI is InChI=1S/C33H59N2O.ClH/c1-2-3-4-5-6-7-8-9-10-11-12-13-14-15-16-17-18-19-23-26-33-34-27-28-35(33,29-30-36)31-32-24-21-20-22-25-32;/h20-22,24-25,36H,2-19,23,26-31H2,1H3;1H/q+1;. The second kappa shape index (κ2) is 23.0. The molecule has 0 radical (unpaired) electrons. The smallest absolute Gasteiger partial charge is 0.337 e. The Hall–Kier alpha value is -0.900. The van der Waals surface area contributed by atoms with Gasteiger partial charge in [0.05, 0.1) is 13.0 Å². The first-order chi connectivity index (χ1) is 17.8. The number of hydrogen-bond donors (Lipinski definition) is 2. The van der Waals surface area contributed by atoms with E-state index >= 15 is 0 Å². The third-order valence-corrected chi connectivity index (χ3v) is 8.31. The van der Waals surface area contributed by atoms with Crippen LogP contribution in [0, 0.1) is 0 Å².